The molecule has 0 saturated carbocycles. The number of benzene rings is 1. The minimum absolute atomic E-state index is 0.0256. The average Bonchev–Trinajstić information content (AvgIpc) is 2.49. The van der Waals surface area contributed by atoms with Gasteiger partial charge in [0.1, 0.15) is 17.0 Å². The predicted molar refractivity (Wildman–Crippen MR) is 92.4 cm³/mol. The largest absolute Gasteiger partial charge is 0.444 e. The number of hydrogen-bond acceptors (Lipinski definition) is 3. The molecule has 25 heavy (non-hydrogen) atoms. The first kappa shape index (κ1) is 19.6. The van der Waals surface area contributed by atoms with Crippen molar-refractivity contribution in [3.05, 3.63) is 33.8 Å². The summed E-state index contributed by atoms with van der Waals surface area (Å²) < 4.78 is 33.4. The van der Waals surface area contributed by atoms with Crippen molar-refractivity contribution in [3.63, 3.8) is 0 Å². The number of ether oxygens (including phenoxy) is 1. The minimum Gasteiger partial charge on any atom is -0.444 e. The Bertz CT molecular complexity index is 691. The van der Waals surface area contributed by atoms with Crippen LogP contribution in [0.15, 0.2) is 16.6 Å². The van der Waals surface area contributed by atoms with Crippen molar-refractivity contribution in [2.45, 2.75) is 39.3 Å². The molecule has 0 aliphatic carbocycles. The molecular formula is C17H21BrF2N2O3. The highest BCUT2D eigenvalue weighted by Crippen LogP contribution is 2.24. The van der Waals surface area contributed by atoms with Crippen molar-refractivity contribution >= 4 is 27.9 Å². The second kappa shape index (κ2) is 7.27. The lowest BCUT2D eigenvalue weighted by molar-refractivity contribution is 0.00182. The number of nitrogens with zero attached hydrogens (tertiary/aromatic N) is 2. The minimum atomic E-state index is -0.924. The summed E-state index contributed by atoms with van der Waals surface area (Å²) in [5, 5.41) is 0. The van der Waals surface area contributed by atoms with Crippen LogP contribution in [-0.4, -0.2) is 53.1 Å². The maximum absolute atomic E-state index is 14.1. The lowest BCUT2D eigenvalue weighted by Gasteiger charge is -2.40. The van der Waals surface area contributed by atoms with E-state index in [9.17, 15) is 18.4 Å². The van der Waals surface area contributed by atoms with Crippen LogP contribution in [0.1, 0.15) is 38.1 Å². The number of piperazine rings is 1. The first-order valence-electron chi connectivity index (χ1n) is 7.93. The van der Waals surface area contributed by atoms with E-state index in [1.165, 1.54) is 15.9 Å². The van der Waals surface area contributed by atoms with Crippen LogP contribution in [0, 0.1) is 11.6 Å². The Morgan fingerprint density at radius 2 is 1.88 bits per heavy atom. The van der Waals surface area contributed by atoms with Crippen molar-refractivity contribution in [2.75, 3.05) is 19.6 Å². The van der Waals surface area contributed by atoms with E-state index in [0.717, 1.165) is 6.07 Å². The van der Waals surface area contributed by atoms with Crippen LogP contribution in [0.3, 0.4) is 0 Å². The fourth-order valence-corrected chi connectivity index (χ4v) is 2.95. The Kier molecular flexibility index (Phi) is 5.71. The zero-order valence-corrected chi connectivity index (χ0v) is 16.2. The maximum Gasteiger partial charge on any atom is 0.410 e. The molecule has 8 heteroatoms. The molecule has 2 amide bonds. The number of hydrogen-bond donors (Lipinski definition) is 0. The van der Waals surface area contributed by atoms with Crippen LogP contribution < -0.4 is 0 Å². The van der Waals surface area contributed by atoms with E-state index in [0.29, 0.717) is 0 Å². The molecule has 0 spiro atoms. The maximum atomic E-state index is 14.1. The molecule has 1 aliphatic heterocycles. The summed E-state index contributed by atoms with van der Waals surface area (Å²) in [6.07, 6.45) is -0.466. The van der Waals surface area contributed by atoms with Crippen LogP contribution in [0.2, 0.25) is 0 Å². The summed E-state index contributed by atoms with van der Waals surface area (Å²) >= 11 is 2.96. The van der Waals surface area contributed by atoms with Gasteiger partial charge in [-0.05, 0) is 55.8 Å². The first-order valence-corrected chi connectivity index (χ1v) is 8.73. The van der Waals surface area contributed by atoms with Crippen LogP contribution >= 0.6 is 15.9 Å². The highest BCUT2D eigenvalue weighted by atomic mass is 79.9. The van der Waals surface area contributed by atoms with Gasteiger partial charge in [0.2, 0.25) is 0 Å². The summed E-state index contributed by atoms with van der Waals surface area (Å²) in [5.41, 5.74) is -1.21. The van der Waals surface area contributed by atoms with Crippen molar-refractivity contribution in [2.24, 2.45) is 0 Å². The molecule has 0 radical (unpaired) electrons. The fraction of sp³-hybridized carbons (Fsp3) is 0.529. The van der Waals surface area contributed by atoms with E-state index < -0.39 is 34.8 Å². The molecule has 1 heterocycles. The van der Waals surface area contributed by atoms with E-state index in [4.69, 9.17) is 4.74 Å². The number of amides is 2. The van der Waals surface area contributed by atoms with Gasteiger partial charge in [-0.1, -0.05) is 0 Å². The highest BCUT2D eigenvalue weighted by molar-refractivity contribution is 9.10. The molecule has 2 rings (SSSR count). The van der Waals surface area contributed by atoms with E-state index in [1.807, 2.05) is 0 Å². The Morgan fingerprint density at radius 3 is 2.44 bits per heavy atom. The van der Waals surface area contributed by atoms with Gasteiger partial charge in [-0.2, -0.15) is 0 Å². The summed E-state index contributed by atoms with van der Waals surface area (Å²) in [7, 11) is 0. The molecule has 1 fully saturated rings. The van der Waals surface area contributed by atoms with Gasteiger partial charge in [0, 0.05) is 25.7 Å². The normalized spacial score (nSPS) is 18.3. The molecule has 138 valence electrons. The van der Waals surface area contributed by atoms with E-state index >= 15 is 0 Å². The zero-order valence-electron chi connectivity index (χ0n) is 14.6. The molecule has 0 aromatic heterocycles. The summed E-state index contributed by atoms with van der Waals surface area (Å²) in [5.74, 6) is -2.56. The third kappa shape index (κ3) is 4.48. The predicted octanol–water partition coefficient (Wildman–Crippen LogP) is 3.81. The Morgan fingerprint density at radius 1 is 1.24 bits per heavy atom. The highest BCUT2D eigenvalue weighted by Gasteiger charge is 2.34. The molecule has 0 N–H and O–H groups in total. The van der Waals surface area contributed by atoms with E-state index in [2.05, 4.69) is 15.9 Å². The smallest absolute Gasteiger partial charge is 0.410 e. The quantitative estimate of drug-likeness (QED) is 0.651. The van der Waals surface area contributed by atoms with Gasteiger partial charge >= 0.3 is 6.09 Å². The lowest BCUT2D eigenvalue weighted by Crippen LogP contribution is -2.56. The second-order valence-corrected chi connectivity index (χ2v) is 7.85. The van der Waals surface area contributed by atoms with Crippen LogP contribution in [0.5, 0.6) is 0 Å². The van der Waals surface area contributed by atoms with Gasteiger partial charge in [-0.3, -0.25) is 4.79 Å². The number of carbonyl (C=O) groups excluding carboxylic acids is 2. The van der Waals surface area contributed by atoms with E-state index in [-0.39, 0.29) is 30.1 Å². The van der Waals surface area contributed by atoms with Crippen LogP contribution in [0.4, 0.5) is 13.6 Å². The van der Waals surface area contributed by atoms with Crippen molar-refractivity contribution in [3.8, 4) is 0 Å². The van der Waals surface area contributed by atoms with Crippen molar-refractivity contribution in [1.29, 1.82) is 0 Å². The zero-order chi connectivity index (χ0) is 18.9. The molecule has 1 saturated heterocycles. The number of rotatable bonds is 1. The van der Waals surface area contributed by atoms with Crippen molar-refractivity contribution < 1.29 is 23.1 Å². The van der Waals surface area contributed by atoms with Crippen molar-refractivity contribution in [1.82, 2.24) is 9.80 Å². The first-order chi connectivity index (χ1) is 11.5. The second-order valence-electron chi connectivity index (χ2n) is 6.99. The number of halogens is 3. The molecule has 0 bridgehead atoms. The summed E-state index contributed by atoms with van der Waals surface area (Å²) in [6, 6.07) is 1.93. The topological polar surface area (TPSA) is 49.9 Å². The third-order valence-electron chi connectivity index (χ3n) is 3.80. The standard InChI is InChI=1S/C17H21BrF2N2O3/c1-10-9-21(7-8-22(10)16(24)25-17(2,3)4)15(23)13-12(19)6-5-11(18)14(13)20/h5-6,10H,7-9H2,1-4H3/t10-/m0/s1. The molecule has 1 aromatic carbocycles. The Hall–Kier alpha value is -1.70. The average molecular weight is 419 g/mol. The van der Waals surface area contributed by atoms with Crippen LogP contribution in [0.25, 0.3) is 0 Å². The van der Waals surface area contributed by atoms with Crippen LogP contribution in [-0.2, 0) is 4.74 Å². The number of carbonyl (C=O) groups is 2. The van der Waals surface area contributed by atoms with E-state index in [1.54, 1.807) is 27.7 Å². The monoisotopic (exact) mass is 418 g/mol. The SMILES string of the molecule is C[C@H]1CN(C(=O)c2c(F)ccc(Br)c2F)CCN1C(=O)OC(C)(C)C. The molecule has 0 unspecified atom stereocenters. The molecule has 1 aliphatic rings. The molecular weight excluding hydrogens is 398 g/mol. The fourth-order valence-electron chi connectivity index (χ4n) is 2.62. The molecule has 5 nitrogen and oxygen atoms in total. The summed E-state index contributed by atoms with van der Waals surface area (Å²) in [6.45, 7) is 7.66. The lowest BCUT2D eigenvalue weighted by atomic mass is 10.1. The molecule has 1 aromatic rings. The summed E-state index contributed by atoms with van der Waals surface area (Å²) in [4.78, 5) is 27.6. The van der Waals surface area contributed by atoms with Gasteiger partial charge in [-0.15, -0.1) is 0 Å². The van der Waals surface area contributed by atoms with Gasteiger partial charge in [0.05, 0.1) is 4.47 Å². The van der Waals surface area contributed by atoms with Gasteiger partial charge in [0.15, 0.2) is 5.82 Å². The van der Waals surface area contributed by atoms with Gasteiger partial charge in [0.25, 0.3) is 5.91 Å². The third-order valence-corrected chi connectivity index (χ3v) is 4.41. The molecule has 1 atom stereocenters. The van der Waals surface area contributed by atoms with Gasteiger partial charge in [-0.25, -0.2) is 13.6 Å². The Balaban J connectivity index is 2.12. The van der Waals surface area contributed by atoms with Gasteiger partial charge < -0.3 is 14.5 Å². The Labute approximate surface area is 154 Å².